The molecule has 2 aromatic rings. The van der Waals surface area contributed by atoms with E-state index >= 15 is 0 Å². The van der Waals surface area contributed by atoms with E-state index in [1.165, 1.54) is 11.0 Å². The van der Waals surface area contributed by atoms with Gasteiger partial charge in [0.1, 0.15) is 5.82 Å². The summed E-state index contributed by atoms with van der Waals surface area (Å²) in [6, 6.07) is 16.2. The maximum absolute atomic E-state index is 13.9. The van der Waals surface area contributed by atoms with Gasteiger partial charge in [-0.2, -0.15) is 0 Å². The van der Waals surface area contributed by atoms with E-state index in [9.17, 15) is 9.18 Å². The molecule has 0 bridgehead atoms. The number of halogens is 1. The molecule has 1 saturated heterocycles. The Kier molecular flexibility index (Phi) is 5.11. The first kappa shape index (κ1) is 16.5. The molecule has 0 aliphatic carbocycles. The van der Waals surface area contributed by atoms with Crippen LogP contribution in [0.4, 0.5) is 15.8 Å². The first-order valence-corrected chi connectivity index (χ1v) is 8.35. The Balaban J connectivity index is 1.56. The molecular weight excluding hydrogens is 305 g/mol. The van der Waals surface area contributed by atoms with Gasteiger partial charge in [-0.05, 0) is 31.2 Å². The molecule has 2 aromatic carbocycles. The number of benzene rings is 2. The van der Waals surface area contributed by atoms with Crippen LogP contribution in [0.5, 0.6) is 0 Å². The molecule has 0 unspecified atom stereocenters. The van der Waals surface area contributed by atoms with Crippen molar-refractivity contribution in [1.82, 2.24) is 0 Å². The molecule has 0 aromatic heterocycles. The Labute approximate surface area is 141 Å². The van der Waals surface area contributed by atoms with Gasteiger partial charge in [0.2, 0.25) is 0 Å². The van der Waals surface area contributed by atoms with Crippen LogP contribution >= 0.6 is 0 Å². The van der Waals surface area contributed by atoms with Crippen molar-refractivity contribution in [3.8, 4) is 0 Å². The van der Waals surface area contributed by atoms with Crippen LogP contribution in [0.15, 0.2) is 54.6 Å². The van der Waals surface area contributed by atoms with E-state index in [0.717, 1.165) is 31.9 Å². The zero-order chi connectivity index (χ0) is 16.9. The lowest BCUT2D eigenvalue weighted by Gasteiger charge is -2.36. The normalized spacial score (nSPS) is 16.7. The fourth-order valence-electron chi connectivity index (χ4n) is 3.13. The smallest absolute Gasteiger partial charge is 0.282 e. The number of nitrogens with one attached hydrogen (secondary N) is 2. The summed E-state index contributed by atoms with van der Waals surface area (Å²) in [7, 11) is 0. The van der Waals surface area contributed by atoms with Crippen LogP contribution in [0.25, 0.3) is 0 Å². The summed E-state index contributed by atoms with van der Waals surface area (Å²) in [4.78, 5) is 15.7. The molecule has 1 atom stereocenters. The van der Waals surface area contributed by atoms with Crippen molar-refractivity contribution < 1.29 is 14.1 Å². The molecule has 1 aliphatic heterocycles. The third-order valence-corrected chi connectivity index (χ3v) is 4.65. The van der Waals surface area contributed by atoms with Gasteiger partial charge in [-0.15, -0.1) is 0 Å². The first-order valence-electron chi connectivity index (χ1n) is 8.35. The summed E-state index contributed by atoms with van der Waals surface area (Å²) >= 11 is 0. The minimum absolute atomic E-state index is 0.0236. The molecule has 126 valence electrons. The summed E-state index contributed by atoms with van der Waals surface area (Å²) in [6.45, 7) is 5.08. The van der Waals surface area contributed by atoms with Crippen molar-refractivity contribution in [2.45, 2.75) is 13.0 Å². The van der Waals surface area contributed by atoms with E-state index in [-0.39, 0.29) is 17.8 Å². The Hall–Kier alpha value is -2.40. The molecule has 3 rings (SSSR count). The minimum Gasteiger partial charge on any atom is -0.358 e. The van der Waals surface area contributed by atoms with Crippen LogP contribution in [0.2, 0.25) is 0 Å². The number of carbonyl (C=O) groups excluding carboxylic acids is 1. The molecule has 1 fully saturated rings. The summed E-state index contributed by atoms with van der Waals surface area (Å²) in [6.07, 6.45) is 0. The van der Waals surface area contributed by atoms with E-state index in [4.69, 9.17) is 0 Å². The Bertz CT molecular complexity index is 684. The molecular formula is C19H23FN3O+. The Morgan fingerprint density at radius 2 is 1.71 bits per heavy atom. The molecule has 1 amide bonds. The second-order valence-corrected chi connectivity index (χ2v) is 6.17. The highest BCUT2D eigenvalue weighted by Crippen LogP contribution is 2.18. The van der Waals surface area contributed by atoms with Crippen LogP contribution in [0.1, 0.15) is 6.92 Å². The third-order valence-electron chi connectivity index (χ3n) is 4.65. The van der Waals surface area contributed by atoms with Crippen molar-refractivity contribution in [2.75, 3.05) is 36.4 Å². The van der Waals surface area contributed by atoms with Crippen molar-refractivity contribution in [1.29, 1.82) is 0 Å². The Morgan fingerprint density at radius 1 is 1.08 bits per heavy atom. The molecule has 0 saturated carbocycles. The molecule has 2 N–H and O–H groups in total. The SMILES string of the molecule is C[C@H](C(=O)Nc1ccccc1)[NH+]1CCN(c2ccccc2F)CC1. The predicted octanol–water partition coefficient (Wildman–Crippen LogP) is 1.56. The van der Waals surface area contributed by atoms with Gasteiger partial charge in [-0.3, -0.25) is 4.79 Å². The lowest BCUT2D eigenvalue weighted by molar-refractivity contribution is -0.914. The van der Waals surface area contributed by atoms with E-state index in [2.05, 4.69) is 10.2 Å². The molecule has 5 heteroatoms. The van der Waals surface area contributed by atoms with E-state index in [0.29, 0.717) is 5.69 Å². The third kappa shape index (κ3) is 3.74. The highest BCUT2D eigenvalue weighted by Gasteiger charge is 2.29. The van der Waals surface area contributed by atoms with Gasteiger partial charge in [-0.25, -0.2) is 4.39 Å². The van der Waals surface area contributed by atoms with Gasteiger partial charge in [0.15, 0.2) is 6.04 Å². The highest BCUT2D eigenvalue weighted by molar-refractivity contribution is 5.93. The molecule has 0 spiro atoms. The van der Waals surface area contributed by atoms with Crippen LogP contribution in [-0.4, -0.2) is 38.1 Å². The van der Waals surface area contributed by atoms with Crippen LogP contribution < -0.4 is 15.1 Å². The lowest BCUT2D eigenvalue weighted by atomic mass is 10.2. The average Bonchev–Trinajstić information content (AvgIpc) is 2.62. The van der Waals surface area contributed by atoms with Gasteiger partial charge in [0.05, 0.1) is 31.9 Å². The van der Waals surface area contributed by atoms with Gasteiger partial charge < -0.3 is 15.1 Å². The van der Waals surface area contributed by atoms with Crippen molar-refractivity contribution in [3.63, 3.8) is 0 Å². The Morgan fingerprint density at radius 3 is 2.38 bits per heavy atom. The number of para-hydroxylation sites is 2. The molecule has 24 heavy (non-hydrogen) atoms. The van der Waals surface area contributed by atoms with Crippen molar-refractivity contribution in [3.05, 3.63) is 60.4 Å². The number of nitrogens with zero attached hydrogens (tertiary/aromatic N) is 1. The number of hydrogen-bond donors (Lipinski definition) is 2. The molecule has 1 heterocycles. The number of quaternary nitrogens is 1. The number of amides is 1. The van der Waals surface area contributed by atoms with Gasteiger partial charge in [0.25, 0.3) is 5.91 Å². The van der Waals surface area contributed by atoms with Crippen LogP contribution in [0.3, 0.4) is 0 Å². The summed E-state index contributed by atoms with van der Waals surface area (Å²) in [5.74, 6) is -0.161. The van der Waals surface area contributed by atoms with Gasteiger partial charge in [0, 0.05) is 5.69 Å². The summed E-state index contributed by atoms with van der Waals surface area (Å²) in [5, 5.41) is 2.96. The fourth-order valence-corrected chi connectivity index (χ4v) is 3.13. The first-order chi connectivity index (χ1) is 11.6. The van der Waals surface area contributed by atoms with E-state index in [1.807, 2.05) is 49.4 Å². The lowest BCUT2D eigenvalue weighted by Crippen LogP contribution is -3.19. The van der Waals surface area contributed by atoms with Gasteiger partial charge >= 0.3 is 0 Å². The second-order valence-electron chi connectivity index (χ2n) is 6.17. The van der Waals surface area contributed by atoms with Crippen molar-refractivity contribution >= 4 is 17.3 Å². The quantitative estimate of drug-likeness (QED) is 0.894. The maximum atomic E-state index is 13.9. The summed E-state index contributed by atoms with van der Waals surface area (Å²) < 4.78 is 13.9. The van der Waals surface area contributed by atoms with Crippen LogP contribution in [0, 0.1) is 5.82 Å². The number of carbonyl (C=O) groups is 1. The van der Waals surface area contributed by atoms with E-state index in [1.54, 1.807) is 6.07 Å². The highest BCUT2D eigenvalue weighted by atomic mass is 19.1. The number of rotatable bonds is 4. The zero-order valence-electron chi connectivity index (χ0n) is 13.8. The largest absolute Gasteiger partial charge is 0.358 e. The summed E-state index contributed by atoms with van der Waals surface area (Å²) in [5.41, 5.74) is 1.47. The number of piperazine rings is 1. The van der Waals surface area contributed by atoms with E-state index < -0.39 is 0 Å². The van der Waals surface area contributed by atoms with Crippen molar-refractivity contribution in [2.24, 2.45) is 0 Å². The minimum atomic E-state index is -0.184. The number of anilines is 2. The average molecular weight is 328 g/mol. The monoisotopic (exact) mass is 328 g/mol. The van der Waals surface area contributed by atoms with Crippen LogP contribution in [-0.2, 0) is 4.79 Å². The second kappa shape index (κ2) is 7.45. The molecule has 1 aliphatic rings. The molecule has 4 nitrogen and oxygen atoms in total. The zero-order valence-corrected chi connectivity index (χ0v) is 13.8. The van der Waals surface area contributed by atoms with Gasteiger partial charge in [-0.1, -0.05) is 30.3 Å². The maximum Gasteiger partial charge on any atom is 0.282 e. The standard InChI is InChI=1S/C19H22FN3O/c1-15(19(24)21-16-7-3-2-4-8-16)22-11-13-23(14-12-22)18-10-6-5-9-17(18)20/h2-10,15H,11-14H2,1H3,(H,21,24)/p+1/t15-/m1/s1. The number of hydrogen-bond acceptors (Lipinski definition) is 2. The topological polar surface area (TPSA) is 36.8 Å². The molecule has 0 radical (unpaired) electrons. The fraction of sp³-hybridized carbons (Fsp3) is 0.316. The predicted molar refractivity (Wildman–Crippen MR) is 93.8 cm³/mol.